The molecule has 0 bridgehead atoms. The number of hydrogen-bond donors (Lipinski definition) is 5. The van der Waals surface area contributed by atoms with Crippen molar-refractivity contribution in [2.45, 2.75) is 0 Å². The molecule has 0 aliphatic carbocycles. The summed E-state index contributed by atoms with van der Waals surface area (Å²) in [6.45, 7) is -1.62. The Morgan fingerprint density at radius 2 is 1.15 bits per heavy atom. The van der Waals surface area contributed by atoms with Gasteiger partial charge in [-0.2, -0.15) is 0 Å². The Balaban J connectivity index is 0. The zero-order chi connectivity index (χ0) is 10.9. The van der Waals surface area contributed by atoms with Crippen molar-refractivity contribution in [3.8, 4) is 0 Å². The highest BCUT2D eigenvalue weighted by atomic mass is 16.9. The molecule has 0 amide bonds. The van der Waals surface area contributed by atoms with E-state index in [9.17, 15) is 0 Å². The molecular formula is C5H13NO7. The maximum absolute atomic E-state index is 8.50. The van der Waals surface area contributed by atoms with Crippen LogP contribution < -0.4 is 0 Å². The second kappa shape index (κ2) is 7.68. The zero-order valence-electron chi connectivity index (χ0n) is 6.83. The number of rotatable bonds is 4. The Hall–Kier alpha value is -0.960. The average Bonchev–Trinajstić information content (AvgIpc) is 2.09. The highest BCUT2D eigenvalue weighted by Crippen LogP contribution is 2.11. The van der Waals surface area contributed by atoms with Crippen molar-refractivity contribution >= 4 is 0 Å². The maximum atomic E-state index is 8.50. The van der Waals surface area contributed by atoms with Gasteiger partial charge < -0.3 is 25.6 Å². The van der Waals surface area contributed by atoms with Gasteiger partial charge in [-0.3, -0.25) is 0 Å². The lowest BCUT2D eigenvalue weighted by Crippen LogP contribution is -2.37. The number of hydrogen-bond acceptors (Lipinski definition) is 6. The second-order valence-corrected chi connectivity index (χ2v) is 2.37. The molecule has 0 fully saturated rings. The monoisotopic (exact) mass is 199 g/mol. The first kappa shape index (κ1) is 14.6. The van der Waals surface area contributed by atoms with Gasteiger partial charge in [0.1, 0.15) is 0 Å². The van der Waals surface area contributed by atoms with E-state index >= 15 is 0 Å². The van der Waals surface area contributed by atoms with Crippen LogP contribution in [0.2, 0.25) is 0 Å². The van der Waals surface area contributed by atoms with Gasteiger partial charge in [0.15, 0.2) is 0 Å². The fraction of sp³-hybridized carbons (Fsp3) is 1.00. The van der Waals surface area contributed by atoms with Crippen LogP contribution in [0.15, 0.2) is 0 Å². The molecule has 0 aliphatic heterocycles. The summed E-state index contributed by atoms with van der Waals surface area (Å²) < 4.78 is 0. The summed E-state index contributed by atoms with van der Waals surface area (Å²) in [6.07, 6.45) is 0. The Kier molecular flexibility index (Phi) is 8.60. The lowest BCUT2D eigenvalue weighted by Gasteiger charge is -2.23. The third-order valence-corrected chi connectivity index (χ3v) is 1.34. The third kappa shape index (κ3) is 7.40. The molecule has 0 heterocycles. The largest absolute Gasteiger partial charge is 0.396 e. The van der Waals surface area contributed by atoms with Crippen molar-refractivity contribution in [3.05, 3.63) is 10.1 Å². The topological polar surface area (TPSA) is 144 Å². The fourth-order valence-corrected chi connectivity index (χ4v) is 0.300. The zero-order valence-corrected chi connectivity index (χ0v) is 6.83. The Morgan fingerprint density at radius 1 is 1.00 bits per heavy atom. The molecule has 80 valence electrons. The average molecular weight is 199 g/mol. The standard InChI is InChI=1S/C5H12O4.HNO3/c6-1-5(2-7,3-8)4-9;2-1(3)4/h6-9H,1-4H2;(H,2,3,4). The van der Waals surface area contributed by atoms with E-state index in [2.05, 4.69) is 0 Å². The van der Waals surface area contributed by atoms with E-state index in [0.29, 0.717) is 0 Å². The minimum atomic E-state index is -1.50. The molecule has 5 N–H and O–H groups in total. The van der Waals surface area contributed by atoms with Gasteiger partial charge in [-0.1, -0.05) is 0 Å². The second-order valence-electron chi connectivity index (χ2n) is 2.37. The summed E-state index contributed by atoms with van der Waals surface area (Å²) in [5.74, 6) is 0. The van der Waals surface area contributed by atoms with E-state index in [4.69, 9.17) is 35.7 Å². The molecule has 0 aromatic heterocycles. The van der Waals surface area contributed by atoms with E-state index in [0.717, 1.165) is 0 Å². The third-order valence-electron chi connectivity index (χ3n) is 1.34. The first-order valence-electron chi connectivity index (χ1n) is 3.24. The molecule has 8 heteroatoms. The lowest BCUT2D eigenvalue weighted by molar-refractivity contribution is -0.742. The summed E-state index contributed by atoms with van der Waals surface area (Å²) in [5, 5.41) is 47.6. The summed E-state index contributed by atoms with van der Waals surface area (Å²) in [7, 11) is 0. The molecule has 0 aromatic carbocycles. The van der Waals surface area contributed by atoms with E-state index < -0.39 is 36.9 Å². The summed E-state index contributed by atoms with van der Waals surface area (Å²) in [6, 6.07) is 0. The molecule has 0 atom stereocenters. The first-order valence-corrected chi connectivity index (χ1v) is 3.24. The van der Waals surface area contributed by atoms with Crippen LogP contribution in [0.25, 0.3) is 0 Å². The summed E-state index contributed by atoms with van der Waals surface area (Å²) in [5.41, 5.74) is -1.11. The number of aliphatic hydroxyl groups is 4. The number of nitrogens with zero attached hydrogens (tertiary/aromatic N) is 1. The minimum Gasteiger partial charge on any atom is -0.396 e. The highest BCUT2D eigenvalue weighted by molar-refractivity contribution is 4.74. The van der Waals surface area contributed by atoms with Crippen LogP contribution in [0.3, 0.4) is 0 Å². The predicted molar refractivity (Wildman–Crippen MR) is 39.6 cm³/mol. The van der Waals surface area contributed by atoms with Crippen molar-refractivity contribution in [1.82, 2.24) is 0 Å². The van der Waals surface area contributed by atoms with Gasteiger partial charge in [-0.25, -0.2) is 0 Å². The molecule has 0 spiro atoms. The van der Waals surface area contributed by atoms with Crippen LogP contribution >= 0.6 is 0 Å². The van der Waals surface area contributed by atoms with Gasteiger partial charge in [0.05, 0.1) is 31.8 Å². The van der Waals surface area contributed by atoms with Gasteiger partial charge in [0.25, 0.3) is 5.09 Å². The van der Waals surface area contributed by atoms with E-state index in [1.54, 1.807) is 0 Å². The van der Waals surface area contributed by atoms with Crippen LogP contribution in [-0.4, -0.2) is 57.1 Å². The van der Waals surface area contributed by atoms with Crippen molar-refractivity contribution in [3.63, 3.8) is 0 Å². The Labute approximate surface area is 73.8 Å². The van der Waals surface area contributed by atoms with Crippen LogP contribution in [-0.2, 0) is 0 Å². The first-order chi connectivity index (χ1) is 5.97. The normalized spacial score (nSPS) is 10.2. The van der Waals surface area contributed by atoms with Crippen molar-refractivity contribution in [1.29, 1.82) is 0 Å². The molecule has 0 saturated carbocycles. The summed E-state index contributed by atoms with van der Waals surface area (Å²) >= 11 is 0. The van der Waals surface area contributed by atoms with Crippen molar-refractivity contribution in [2.24, 2.45) is 5.41 Å². The minimum absolute atomic E-state index is 0.406. The van der Waals surface area contributed by atoms with Crippen LogP contribution in [0.4, 0.5) is 0 Å². The number of aliphatic hydroxyl groups excluding tert-OH is 4. The van der Waals surface area contributed by atoms with E-state index in [1.165, 1.54) is 0 Å². The smallest absolute Gasteiger partial charge is 0.291 e. The van der Waals surface area contributed by atoms with Crippen LogP contribution in [0.1, 0.15) is 0 Å². The Bertz CT molecular complexity index is 113. The van der Waals surface area contributed by atoms with Crippen LogP contribution in [0, 0.1) is 15.5 Å². The van der Waals surface area contributed by atoms with Gasteiger partial charge >= 0.3 is 0 Å². The van der Waals surface area contributed by atoms with Gasteiger partial charge in [0, 0.05) is 0 Å². The quantitative estimate of drug-likeness (QED) is 0.250. The lowest BCUT2D eigenvalue weighted by atomic mass is 9.93. The molecule has 0 rings (SSSR count). The molecule has 8 nitrogen and oxygen atoms in total. The predicted octanol–water partition coefficient (Wildman–Crippen LogP) is -2.41. The summed E-state index contributed by atoms with van der Waals surface area (Å²) in [4.78, 5) is 8.36. The van der Waals surface area contributed by atoms with E-state index in [-0.39, 0.29) is 0 Å². The molecule has 0 radical (unpaired) electrons. The van der Waals surface area contributed by atoms with E-state index in [1.807, 2.05) is 0 Å². The Morgan fingerprint density at radius 3 is 1.15 bits per heavy atom. The highest BCUT2D eigenvalue weighted by Gasteiger charge is 2.26. The fourth-order valence-electron chi connectivity index (χ4n) is 0.300. The van der Waals surface area contributed by atoms with Gasteiger partial charge in [0.2, 0.25) is 0 Å². The molecule has 0 saturated heterocycles. The molecule has 13 heavy (non-hydrogen) atoms. The molecule has 0 unspecified atom stereocenters. The van der Waals surface area contributed by atoms with Gasteiger partial charge in [-0.15, -0.1) is 10.1 Å². The molecular weight excluding hydrogens is 186 g/mol. The van der Waals surface area contributed by atoms with Crippen LogP contribution in [0.5, 0.6) is 0 Å². The molecule has 0 aliphatic rings. The maximum Gasteiger partial charge on any atom is 0.291 e. The van der Waals surface area contributed by atoms with Crippen molar-refractivity contribution in [2.75, 3.05) is 26.4 Å². The molecule has 0 aromatic rings. The van der Waals surface area contributed by atoms with Gasteiger partial charge in [-0.05, 0) is 0 Å². The SMILES string of the molecule is O=[N+]([O-])O.OCC(CO)(CO)CO. The van der Waals surface area contributed by atoms with Crippen molar-refractivity contribution < 1.29 is 30.7 Å².